The van der Waals surface area contributed by atoms with Crippen LogP contribution in [0.3, 0.4) is 0 Å². The summed E-state index contributed by atoms with van der Waals surface area (Å²) in [5, 5.41) is 5.83. The van der Waals surface area contributed by atoms with E-state index >= 15 is 0 Å². The molecule has 0 saturated carbocycles. The van der Waals surface area contributed by atoms with E-state index in [-0.39, 0.29) is 11.7 Å². The van der Waals surface area contributed by atoms with Crippen molar-refractivity contribution in [3.05, 3.63) is 24.9 Å². The second-order valence-electron chi connectivity index (χ2n) is 1.75. The minimum absolute atomic E-state index is 0.0341. The highest BCUT2D eigenvalue weighted by molar-refractivity contribution is 5.90. The molecule has 0 atom stereocenters. The summed E-state index contributed by atoms with van der Waals surface area (Å²) < 4.78 is 4.37. The summed E-state index contributed by atoms with van der Waals surface area (Å²) in [6.07, 6.45) is 2.67. The van der Waals surface area contributed by atoms with Crippen molar-refractivity contribution in [1.82, 2.24) is 15.5 Å². The quantitative estimate of drug-likeness (QED) is 0.620. The molecule has 0 aliphatic heterocycles. The summed E-state index contributed by atoms with van der Waals surface area (Å²) in [5.74, 6) is -0.328. The van der Waals surface area contributed by atoms with E-state index in [2.05, 4.69) is 26.6 Å². The summed E-state index contributed by atoms with van der Waals surface area (Å²) in [7, 11) is 0. The number of carbonyl (C=O) groups is 1. The number of nitrogens with one attached hydrogen (secondary N) is 1. The Labute approximate surface area is 63.1 Å². The average Bonchev–Trinajstić information content (AvgIpc) is 2.52. The van der Waals surface area contributed by atoms with Gasteiger partial charge in [0.05, 0.1) is 0 Å². The molecule has 0 aliphatic rings. The van der Waals surface area contributed by atoms with Gasteiger partial charge in [-0.3, -0.25) is 4.79 Å². The lowest BCUT2D eigenvalue weighted by atomic mass is 10.5. The first-order chi connectivity index (χ1) is 5.34. The van der Waals surface area contributed by atoms with Crippen LogP contribution in [0.15, 0.2) is 23.6 Å². The monoisotopic (exact) mass is 153 g/mol. The zero-order valence-corrected chi connectivity index (χ0v) is 5.78. The molecule has 11 heavy (non-hydrogen) atoms. The van der Waals surface area contributed by atoms with Crippen LogP contribution >= 0.6 is 0 Å². The van der Waals surface area contributed by atoms with Gasteiger partial charge >= 0.3 is 0 Å². The fraction of sp³-hybridized carbons (Fsp3) is 0.167. The first-order valence-corrected chi connectivity index (χ1v) is 3.00. The summed E-state index contributed by atoms with van der Waals surface area (Å²) in [6.45, 7) is 3.83. The third-order valence-electron chi connectivity index (χ3n) is 0.971. The van der Waals surface area contributed by atoms with E-state index in [4.69, 9.17) is 0 Å². The van der Waals surface area contributed by atoms with Gasteiger partial charge in [0.25, 0.3) is 11.7 Å². The molecule has 1 aromatic rings. The van der Waals surface area contributed by atoms with E-state index in [1.165, 1.54) is 0 Å². The van der Waals surface area contributed by atoms with Gasteiger partial charge in [-0.05, 0) is 0 Å². The van der Waals surface area contributed by atoms with E-state index in [1.807, 2.05) is 0 Å². The van der Waals surface area contributed by atoms with Gasteiger partial charge in [-0.2, -0.15) is 4.98 Å². The Balaban J connectivity index is 2.49. The topological polar surface area (TPSA) is 68.0 Å². The summed E-state index contributed by atoms with van der Waals surface area (Å²) >= 11 is 0. The van der Waals surface area contributed by atoms with Crippen LogP contribution in [0.25, 0.3) is 0 Å². The fourth-order valence-electron chi connectivity index (χ4n) is 0.515. The van der Waals surface area contributed by atoms with Gasteiger partial charge in [-0.25, -0.2) is 0 Å². The van der Waals surface area contributed by atoms with E-state index in [9.17, 15) is 4.79 Å². The summed E-state index contributed by atoms with van der Waals surface area (Å²) in [4.78, 5) is 14.5. The Bertz CT molecular complexity index is 242. The highest BCUT2D eigenvalue weighted by Crippen LogP contribution is 1.86. The smallest absolute Gasteiger partial charge is 0.292 e. The van der Waals surface area contributed by atoms with Crippen molar-refractivity contribution < 1.29 is 9.32 Å². The van der Waals surface area contributed by atoms with Gasteiger partial charge < -0.3 is 9.84 Å². The van der Waals surface area contributed by atoms with Crippen LogP contribution in [0.2, 0.25) is 0 Å². The van der Waals surface area contributed by atoms with Crippen molar-refractivity contribution in [2.75, 3.05) is 6.54 Å². The predicted octanol–water partition coefficient (Wildman–Crippen LogP) is -0.0146. The maximum atomic E-state index is 10.9. The van der Waals surface area contributed by atoms with Crippen molar-refractivity contribution in [1.29, 1.82) is 0 Å². The fourth-order valence-corrected chi connectivity index (χ4v) is 0.515. The minimum Gasteiger partial charge on any atom is -0.346 e. The highest BCUT2D eigenvalue weighted by atomic mass is 16.5. The molecule has 1 N–H and O–H groups in total. The molecule has 0 unspecified atom stereocenters. The van der Waals surface area contributed by atoms with E-state index < -0.39 is 0 Å². The number of amides is 1. The van der Waals surface area contributed by atoms with Crippen molar-refractivity contribution >= 4 is 5.91 Å². The molecule has 0 saturated heterocycles. The number of hydrogen-bond donors (Lipinski definition) is 1. The van der Waals surface area contributed by atoms with Crippen LogP contribution in [0.5, 0.6) is 0 Å². The molecule has 5 nitrogen and oxygen atoms in total. The van der Waals surface area contributed by atoms with Crippen LogP contribution in [-0.2, 0) is 0 Å². The average molecular weight is 153 g/mol. The summed E-state index contributed by atoms with van der Waals surface area (Å²) in [6, 6.07) is 0. The molecule has 5 heteroatoms. The SMILES string of the molecule is C=CCNC(=O)c1ncon1. The molecular weight excluding hydrogens is 146 g/mol. The third kappa shape index (κ3) is 1.89. The molecule has 1 aromatic heterocycles. The molecule has 0 fully saturated rings. The number of hydrogen-bond acceptors (Lipinski definition) is 4. The molecule has 1 heterocycles. The van der Waals surface area contributed by atoms with Crippen LogP contribution < -0.4 is 5.32 Å². The Morgan fingerprint density at radius 1 is 1.91 bits per heavy atom. The third-order valence-corrected chi connectivity index (χ3v) is 0.971. The number of carbonyl (C=O) groups excluding carboxylic acids is 1. The number of nitrogens with zero attached hydrogens (tertiary/aromatic N) is 2. The zero-order valence-electron chi connectivity index (χ0n) is 5.78. The van der Waals surface area contributed by atoms with Crippen LogP contribution in [0.4, 0.5) is 0 Å². The van der Waals surface area contributed by atoms with Crippen molar-refractivity contribution in [2.45, 2.75) is 0 Å². The van der Waals surface area contributed by atoms with E-state index in [1.54, 1.807) is 6.08 Å². The Morgan fingerprint density at radius 2 is 2.73 bits per heavy atom. The largest absolute Gasteiger partial charge is 0.346 e. The Kier molecular flexibility index (Phi) is 2.37. The van der Waals surface area contributed by atoms with Crippen LogP contribution in [-0.4, -0.2) is 22.6 Å². The zero-order chi connectivity index (χ0) is 8.10. The molecular formula is C6H7N3O2. The minimum atomic E-state index is -0.362. The molecule has 0 aliphatic carbocycles. The molecule has 58 valence electrons. The van der Waals surface area contributed by atoms with Crippen molar-refractivity contribution in [2.24, 2.45) is 0 Å². The molecule has 0 aromatic carbocycles. The maximum Gasteiger partial charge on any atom is 0.292 e. The van der Waals surface area contributed by atoms with Gasteiger partial charge in [0, 0.05) is 6.54 Å². The number of aromatic nitrogens is 2. The van der Waals surface area contributed by atoms with Crippen molar-refractivity contribution in [3.8, 4) is 0 Å². The lowest BCUT2D eigenvalue weighted by Crippen LogP contribution is -2.24. The molecule has 1 amide bonds. The van der Waals surface area contributed by atoms with Gasteiger partial charge in [0.1, 0.15) is 0 Å². The van der Waals surface area contributed by atoms with Gasteiger partial charge in [-0.15, -0.1) is 6.58 Å². The normalized spacial score (nSPS) is 9.09. The van der Waals surface area contributed by atoms with Crippen LogP contribution in [0, 0.1) is 0 Å². The van der Waals surface area contributed by atoms with Crippen molar-refractivity contribution in [3.63, 3.8) is 0 Å². The van der Waals surface area contributed by atoms with Gasteiger partial charge in [0.2, 0.25) is 6.39 Å². The Morgan fingerprint density at radius 3 is 3.27 bits per heavy atom. The summed E-state index contributed by atoms with van der Waals surface area (Å²) in [5.41, 5.74) is 0. The van der Waals surface area contributed by atoms with Crippen LogP contribution in [0.1, 0.15) is 10.6 Å². The lowest BCUT2D eigenvalue weighted by molar-refractivity contribution is 0.0944. The lowest BCUT2D eigenvalue weighted by Gasteiger charge is -1.93. The molecule has 0 spiro atoms. The second kappa shape index (κ2) is 3.50. The number of rotatable bonds is 3. The Hall–Kier alpha value is -1.65. The van der Waals surface area contributed by atoms with E-state index in [0.717, 1.165) is 6.39 Å². The predicted molar refractivity (Wildman–Crippen MR) is 36.8 cm³/mol. The second-order valence-corrected chi connectivity index (χ2v) is 1.75. The highest BCUT2D eigenvalue weighted by Gasteiger charge is 2.07. The first kappa shape index (κ1) is 7.46. The molecule has 0 radical (unpaired) electrons. The van der Waals surface area contributed by atoms with E-state index in [0.29, 0.717) is 6.54 Å². The standard InChI is InChI=1S/C6H7N3O2/c1-2-3-7-6(10)5-8-4-11-9-5/h2,4H,1,3H2,(H,7,10). The maximum absolute atomic E-state index is 10.9. The molecule has 0 bridgehead atoms. The molecule has 1 rings (SSSR count). The van der Waals surface area contributed by atoms with Gasteiger partial charge in [-0.1, -0.05) is 11.2 Å². The van der Waals surface area contributed by atoms with Gasteiger partial charge in [0.15, 0.2) is 0 Å². The first-order valence-electron chi connectivity index (χ1n) is 3.00.